The van der Waals surface area contributed by atoms with Crippen molar-refractivity contribution in [3.05, 3.63) is 76.4 Å². The first-order valence-electron chi connectivity index (χ1n) is 17.0. The minimum absolute atomic E-state index is 0.0650. The highest BCUT2D eigenvalue weighted by Gasteiger charge is 2.29. The van der Waals surface area contributed by atoms with Crippen LogP contribution in [0.4, 0.5) is 16.2 Å². The van der Waals surface area contributed by atoms with Crippen LogP contribution in [0, 0.1) is 16.0 Å². The van der Waals surface area contributed by atoms with Crippen LogP contribution < -0.4 is 31.7 Å². The molecule has 2 aromatic rings. The number of carbonyl (C=O) groups is 6. The largest absolute Gasteiger partial charge is 0.514 e. The van der Waals surface area contributed by atoms with Crippen LogP contribution >= 0.6 is 0 Å². The number of ether oxygens (including phenoxy) is 2. The van der Waals surface area contributed by atoms with Crippen LogP contribution in [-0.2, 0) is 35.3 Å². The molecule has 5 amide bonds. The lowest BCUT2D eigenvalue weighted by molar-refractivity contribution is -0.384. The summed E-state index contributed by atoms with van der Waals surface area (Å²) in [4.78, 5) is 86.3. The molecule has 0 saturated carbocycles. The molecule has 3 rings (SSSR count). The summed E-state index contributed by atoms with van der Waals surface area (Å²) in [7, 11) is 0. The molecule has 2 unspecified atom stereocenters. The van der Waals surface area contributed by atoms with Crippen LogP contribution in [0.2, 0.25) is 0 Å². The predicted octanol–water partition coefficient (Wildman–Crippen LogP) is 1.96. The molecular weight excluding hydrogens is 694 g/mol. The van der Waals surface area contributed by atoms with E-state index < -0.39 is 41.3 Å². The number of nitro groups is 1. The van der Waals surface area contributed by atoms with Gasteiger partial charge in [-0.15, -0.1) is 0 Å². The number of hydrogen-bond donors (Lipinski definition) is 6. The van der Waals surface area contributed by atoms with Crippen LogP contribution in [0.3, 0.4) is 0 Å². The number of benzene rings is 2. The predicted molar refractivity (Wildman–Crippen MR) is 189 cm³/mol. The normalized spacial score (nSPS) is 14.0. The number of nitrogens with two attached hydrogens (primary N) is 1. The van der Waals surface area contributed by atoms with Gasteiger partial charge in [0.05, 0.1) is 4.92 Å². The molecule has 3 atom stereocenters. The Kier molecular flexibility index (Phi) is 16.5. The summed E-state index contributed by atoms with van der Waals surface area (Å²) in [5.74, 6) is -2.44. The SMILES string of the molecule is CC(C)C(NC(=O)CCCCCN1C(=O)C=CC1=O)C(=O)N[C@@H](CCCNC(N)O)C(=O)Nc1ccc(COC(=O)Oc2ccc([N+](=O)[O-])cc2)cc1. The van der Waals surface area contributed by atoms with Crippen molar-refractivity contribution in [1.29, 1.82) is 0 Å². The molecule has 0 fully saturated rings. The lowest BCUT2D eigenvalue weighted by Gasteiger charge is -2.25. The lowest BCUT2D eigenvalue weighted by atomic mass is 10.0. The fraction of sp³-hybridized carbons (Fsp3) is 0.429. The number of aliphatic hydroxyl groups excluding tert-OH is 1. The van der Waals surface area contributed by atoms with Gasteiger partial charge in [0.2, 0.25) is 17.7 Å². The number of rotatable bonds is 21. The topological polar surface area (TPSA) is 262 Å². The third-order valence-corrected chi connectivity index (χ3v) is 7.93. The molecule has 286 valence electrons. The van der Waals surface area contributed by atoms with Crippen molar-refractivity contribution < 1.29 is 48.3 Å². The van der Waals surface area contributed by atoms with Gasteiger partial charge in [0.1, 0.15) is 24.4 Å². The van der Waals surface area contributed by atoms with Crippen molar-refractivity contribution in [2.24, 2.45) is 11.7 Å². The van der Waals surface area contributed by atoms with Crippen molar-refractivity contribution in [3.8, 4) is 5.75 Å². The fourth-order valence-electron chi connectivity index (χ4n) is 5.07. The van der Waals surface area contributed by atoms with Gasteiger partial charge in [0.15, 0.2) is 6.35 Å². The third kappa shape index (κ3) is 14.4. The molecule has 18 nitrogen and oxygen atoms in total. The van der Waals surface area contributed by atoms with Gasteiger partial charge in [-0.1, -0.05) is 32.4 Å². The number of nitrogens with zero attached hydrogens (tertiary/aromatic N) is 2. The standard InChI is InChI=1S/C35H45N7O11/c1-22(2)31(40-28(43)8-4-3-5-20-41-29(44)17-18-30(41)45)33(47)39-27(7-6-19-37-34(36)48)32(46)38-24-11-9-23(10-12-24)21-52-35(49)53-26-15-13-25(14-16-26)42(50)51/h9-18,22,27,31,34,37,48H,3-8,19-21,36H2,1-2H3,(H,38,46)(H,39,47)(H,40,43)/t27-,31?,34?/m0/s1. The minimum atomic E-state index is -1.26. The zero-order valence-electron chi connectivity index (χ0n) is 29.4. The molecule has 2 aromatic carbocycles. The number of hydrogen-bond acceptors (Lipinski definition) is 13. The molecular formula is C35H45N7O11. The minimum Gasteiger partial charge on any atom is -0.429 e. The second kappa shape index (κ2) is 21.0. The smallest absolute Gasteiger partial charge is 0.429 e. The van der Waals surface area contributed by atoms with E-state index in [4.69, 9.17) is 15.2 Å². The first kappa shape index (κ1) is 41.7. The maximum absolute atomic E-state index is 13.4. The molecule has 0 spiro atoms. The van der Waals surface area contributed by atoms with E-state index in [-0.39, 0.29) is 67.6 Å². The van der Waals surface area contributed by atoms with Gasteiger partial charge in [-0.3, -0.25) is 50.0 Å². The second-order valence-electron chi connectivity index (χ2n) is 12.4. The van der Waals surface area contributed by atoms with Gasteiger partial charge < -0.3 is 30.5 Å². The Balaban J connectivity index is 1.52. The Hall–Kier alpha value is -5.72. The Bertz CT molecular complexity index is 1610. The van der Waals surface area contributed by atoms with Crippen molar-refractivity contribution in [2.75, 3.05) is 18.4 Å². The highest BCUT2D eigenvalue weighted by atomic mass is 16.7. The Morgan fingerprint density at radius 2 is 1.57 bits per heavy atom. The maximum atomic E-state index is 13.4. The summed E-state index contributed by atoms with van der Waals surface area (Å²) in [5.41, 5.74) is 6.11. The maximum Gasteiger partial charge on any atom is 0.514 e. The zero-order chi connectivity index (χ0) is 38.9. The molecule has 0 saturated heterocycles. The number of unbranched alkanes of at least 4 members (excludes halogenated alkanes) is 2. The van der Waals surface area contributed by atoms with Gasteiger partial charge in [-0.2, -0.15) is 0 Å². The van der Waals surface area contributed by atoms with Crippen LogP contribution in [0.15, 0.2) is 60.7 Å². The highest BCUT2D eigenvalue weighted by molar-refractivity contribution is 6.12. The average molecular weight is 740 g/mol. The van der Waals surface area contributed by atoms with Crippen LogP contribution in [0.5, 0.6) is 5.75 Å². The van der Waals surface area contributed by atoms with Crippen molar-refractivity contribution in [1.82, 2.24) is 20.9 Å². The molecule has 0 aromatic heterocycles. The van der Waals surface area contributed by atoms with Crippen LogP contribution in [0.25, 0.3) is 0 Å². The number of nitro benzene ring substituents is 1. The van der Waals surface area contributed by atoms with Crippen LogP contribution in [0.1, 0.15) is 57.9 Å². The molecule has 1 aliphatic rings. The van der Waals surface area contributed by atoms with E-state index in [1.165, 1.54) is 36.4 Å². The lowest BCUT2D eigenvalue weighted by Crippen LogP contribution is -2.54. The number of amides is 5. The van der Waals surface area contributed by atoms with Gasteiger partial charge in [-0.25, -0.2) is 4.79 Å². The quantitative estimate of drug-likeness (QED) is 0.0204. The second-order valence-corrected chi connectivity index (χ2v) is 12.4. The van der Waals surface area contributed by atoms with Gasteiger partial charge >= 0.3 is 6.16 Å². The van der Waals surface area contributed by atoms with Gasteiger partial charge in [-0.05, 0) is 68.0 Å². The van der Waals surface area contributed by atoms with Gasteiger partial charge in [0, 0.05) is 42.9 Å². The van der Waals surface area contributed by atoms with E-state index in [0.717, 1.165) is 4.90 Å². The highest BCUT2D eigenvalue weighted by Crippen LogP contribution is 2.18. The fourth-order valence-corrected chi connectivity index (χ4v) is 5.07. The van der Waals surface area contributed by atoms with Crippen molar-refractivity contribution >= 4 is 47.1 Å². The van der Waals surface area contributed by atoms with Crippen molar-refractivity contribution in [3.63, 3.8) is 0 Å². The van der Waals surface area contributed by atoms with E-state index in [0.29, 0.717) is 36.9 Å². The monoisotopic (exact) mass is 739 g/mol. The summed E-state index contributed by atoms with van der Waals surface area (Å²) in [6.45, 7) is 3.85. The number of non-ortho nitro benzene ring substituents is 1. The Labute approximate surface area is 305 Å². The molecule has 0 radical (unpaired) electrons. The first-order valence-corrected chi connectivity index (χ1v) is 17.0. The van der Waals surface area contributed by atoms with Crippen molar-refractivity contribution in [2.45, 2.75) is 77.4 Å². The Morgan fingerprint density at radius 3 is 2.17 bits per heavy atom. The average Bonchev–Trinajstić information content (AvgIpc) is 3.43. The molecule has 1 aliphatic heterocycles. The third-order valence-electron chi connectivity index (χ3n) is 7.93. The number of aliphatic hydroxyl groups is 1. The van der Waals surface area contributed by atoms with E-state index in [1.807, 2.05) is 0 Å². The molecule has 18 heteroatoms. The molecule has 7 N–H and O–H groups in total. The summed E-state index contributed by atoms with van der Waals surface area (Å²) in [6.07, 6.45) is 2.38. The molecule has 1 heterocycles. The van der Waals surface area contributed by atoms with E-state index in [9.17, 15) is 44.0 Å². The number of nitrogens with one attached hydrogen (secondary N) is 4. The molecule has 53 heavy (non-hydrogen) atoms. The summed E-state index contributed by atoms with van der Waals surface area (Å²) >= 11 is 0. The first-order chi connectivity index (χ1) is 25.2. The summed E-state index contributed by atoms with van der Waals surface area (Å²) in [6, 6.07) is 9.26. The molecule has 0 bridgehead atoms. The van der Waals surface area contributed by atoms with E-state index in [2.05, 4.69) is 21.3 Å². The number of imide groups is 1. The number of carbonyl (C=O) groups excluding carboxylic acids is 6. The van der Waals surface area contributed by atoms with E-state index in [1.54, 1.807) is 38.1 Å². The molecule has 0 aliphatic carbocycles. The Morgan fingerprint density at radius 1 is 0.906 bits per heavy atom. The summed E-state index contributed by atoms with van der Waals surface area (Å²) < 4.78 is 10.1. The number of anilines is 1. The summed E-state index contributed by atoms with van der Waals surface area (Å²) in [5, 5.41) is 30.9. The van der Waals surface area contributed by atoms with Crippen LogP contribution in [-0.4, -0.2) is 82.1 Å². The van der Waals surface area contributed by atoms with E-state index >= 15 is 0 Å². The zero-order valence-corrected chi connectivity index (χ0v) is 29.4. The van der Waals surface area contributed by atoms with Gasteiger partial charge in [0.25, 0.3) is 17.5 Å².